The molecular weight excluding hydrogens is 256 g/mol. The molecule has 7 heteroatoms. The van der Waals surface area contributed by atoms with Crippen LogP contribution >= 0.6 is 0 Å². The van der Waals surface area contributed by atoms with Crippen LogP contribution in [-0.2, 0) is 6.54 Å². The number of aromatic nitrogens is 2. The molecule has 0 radical (unpaired) electrons. The van der Waals surface area contributed by atoms with Gasteiger partial charge in [-0.05, 0) is 32.9 Å². The van der Waals surface area contributed by atoms with Gasteiger partial charge in [-0.3, -0.25) is 0 Å². The maximum absolute atomic E-state index is 11.5. The number of amides is 2. The van der Waals surface area contributed by atoms with E-state index in [0.717, 1.165) is 42.9 Å². The van der Waals surface area contributed by atoms with E-state index < -0.39 is 6.03 Å². The van der Waals surface area contributed by atoms with Gasteiger partial charge in [-0.1, -0.05) is 0 Å². The van der Waals surface area contributed by atoms with Crippen LogP contribution in [0.15, 0.2) is 0 Å². The lowest BCUT2D eigenvalue weighted by Gasteiger charge is -2.26. The maximum Gasteiger partial charge on any atom is 0.315 e. The first kappa shape index (κ1) is 13.1. The Morgan fingerprint density at radius 2 is 2.05 bits per heavy atom. The second kappa shape index (κ2) is 4.90. The topological polar surface area (TPSA) is 110 Å². The highest BCUT2D eigenvalue weighted by atomic mass is 16.2. The van der Waals surface area contributed by atoms with Crippen molar-refractivity contribution in [3.8, 4) is 0 Å². The number of nitrogens with zero attached hydrogens (tertiary/aromatic N) is 3. The molecule has 3 heterocycles. The summed E-state index contributed by atoms with van der Waals surface area (Å²) in [5.41, 5.74) is 14.2. The molecule has 108 valence electrons. The number of carbonyl (C=O) groups is 1. The van der Waals surface area contributed by atoms with Crippen LogP contribution in [0, 0.1) is 0 Å². The Balaban J connectivity index is 2.02. The molecule has 20 heavy (non-hydrogen) atoms. The number of primary amides is 1. The Morgan fingerprint density at radius 3 is 2.70 bits per heavy atom. The van der Waals surface area contributed by atoms with E-state index >= 15 is 0 Å². The lowest BCUT2D eigenvalue weighted by atomic mass is 9.89. The zero-order valence-corrected chi connectivity index (χ0v) is 11.6. The molecule has 0 aliphatic carbocycles. The number of fused-ring (bicyclic) bond motifs is 1. The minimum Gasteiger partial charge on any atom is -0.368 e. The van der Waals surface area contributed by atoms with Gasteiger partial charge in [-0.25, -0.2) is 14.8 Å². The van der Waals surface area contributed by atoms with Gasteiger partial charge in [-0.15, -0.1) is 0 Å². The fourth-order valence-electron chi connectivity index (χ4n) is 3.26. The monoisotopic (exact) mass is 276 g/mol. The van der Waals surface area contributed by atoms with Crippen LogP contribution in [0.2, 0.25) is 0 Å². The van der Waals surface area contributed by atoms with Gasteiger partial charge in [0.1, 0.15) is 0 Å². The summed E-state index contributed by atoms with van der Waals surface area (Å²) in [4.78, 5) is 21.9. The smallest absolute Gasteiger partial charge is 0.315 e. The first-order valence-corrected chi connectivity index (χ1v) is 7.01. The molecular formula is C13H20N6O. The number of piperidine rings is 1. The molecule has 0 aromatic carbocycles. The van der Waals surface area contributed by atoms with Crippen molar-refractivity contribution in [3.63, 3.8) is 0 Å². The molecule has 1 aromatic rings. The van der Waals surface area contributed by atoms with Gasteiger partial charge in [0.15, 0.2) is 0 Å². The molecule has 1 aromatic heterocycles. The van der Waals surface area contributed by atoms with Crippen molar-refractivity contribution in [1.82, 2.24) is 20.2 Å². The molecule has 2 aliphatic heterocycles. The van der Waals surface area contributed by atoms with Crippen molar-refractivity contribution in [1.29, 1.82) is 0 Å². The van der Waals surface area contributed by atoms with Crippen LogP contribution in [0.5, 0.6) is 0 Å². The van der Waals surface area contributed by atoms with Gasteiger partial charge in [0.2, 0.25) is 5.95 Å². The second-order valence-corrected chi connectivity index (χ2v) is 5.49. The summed E-state index contributed by atoms with van der Waals surface area (Å²) in [5, 5.41) is 3.35. The number of hydrogen-bond donors (Lipinski definition) is 3. The van der Waals surface area contributed by atoms with Gasteiger partial charge in [0.05, 0.1) is 24.0 Å². The van der Waals surface area contributed by atoms with Crippen molar-refractivity contribution in [2.75, 3.05) is 18.8 Å². The Morgan fingerprint density at radius 1 is 1.35 bits per heavy atom. The Labute approximate surface area is 117 Å². The van der Waals surface area contributed by atoms with Crippen molar-refractivity contribution in [2.45, 2.75) is 38.3 Å². The summed E-state index contributed by atoms with van der Waals surface area (Å²) in [6.45, 7) is 4.37. The number of nitrogen functional groups attached to an aromatic ring is 1. The van der Waals surface area contributed by atoms with Crippen LogP contribution in [-0.4, -0.2) is 34.0 Å². The number of anilines is 1. The number of nitrogens with one attached hydrogen (secondary N) is 1. The summed E-state index contributed by atoms with van der Waals surface area (Å²) in [5.74, 6) is 0.668. The standard InChI is InChI=1S/C13H20N6O/c1-7-10-9(6-19(7)13(15)20)17-12(14)18-11(10)8-2-4-16-5-3-8/h7-8,16H,2-6H2,1H3,(H2,15,20)(H2,14,17,18). The highest BCUT2D eigenvalue weighted by molar-refractivity contribution is 5.73. The van der Waals surface area contributed by atoms with Gasteiger partial charge in [0, 0.05) is 11.5 Å². The predicted octanol–water partition coefficient (Wildman–Crippen LogP) is 0.481. The SMILES string of the molecule is CC1c2c(nc(N)nc2C2CCNCC2)CN1C(N)=O. The van der Waals surface area contributed by atoms with Crippen molar-refractivity contribution >= 4 is 12.0 Å². The lowest BCUT2D eigenvalue weighted by molar-refractivity contribution is 0.194. The molecule has 7 nitrogen and oxygen atoms in total. The van der Waals surface area contributed by atoms with Gasteiger partial charge < -0.3 is 21.7 Å². The zero-order chi connectivity index (χ0) is 14.3. The zero-order valence-electron chi connectivity index (χ0n) is 11.6. The first-order valence-electron chi connectivity index (χ1n) is 7.01. The van der Waals surface area contributed by atoms with Gasteiger partial charge >= 0.3 is 6.03 Å². The van der Waals surface area contributed by atoms with Crippen LogP contribution in [0.4, 0.5) is 10.7 Å². The van der Waals surface area contributed by atoms with Crippen LogP contribution in [0.1, 0.15) is 48.7 Å². The molecule has 1 atom stereocenters. The van der Waals surface area contributed by atoms with E-state index in [1.165, 1.54) is 0 Å². The summed E-state index contributed by atoms with van der Waals surface area (Å²) in [6.07, 6.45) is 2.07. The Kier molecular flexibility index (Phi) is 3.21. The number of nitrogens with two attached hydrogens (primary N) is 2. The third kappa shape index (κ3) is 2.07. The lowest BCUT2D eigenvalue weighted by Crippen LogP contribution is -2.33. The summed E-state index contributed by atoms with van der Waals surface area (Å²) < 4.78 is 0. The third-order valence-electron chi connectivity index (χ3n) is 4.29. The fourth-order valence-corrected chi connectivity index (χ4v) is 3.26. The van der Waals surface area contributed by atoms with Crippen LogP contribution < -0.4 is 16.8 Å². The molecule has 5 N–H and O–H groups in total. The average molecular weight is 276 g/mol. The quantitative estimate of drug-likeness (QED) is 0.691. The maximum atomic E-state index is 11.5. The molecule has 0 spiro atoms. The van der Waals surface area contributed by atoms with Crippen molar-refractivity contribution in [3.05, 3.63) is 17.0 Å². The molecule has 0 bridgehead atoms. The Hall–Kier alpha value is -1.89. The summed E-state index contributed by atoms with van der Waals surface area (Å²) in [7, 11) is 0. The largest absolute Gasteiger partial charge is 0.368 e. The van der Waals surface area contributed by atoms with E-state index in [1.54, 1.807) is 4.90 Å². The van der Waals surface area contributed by atoms with E-state index in [-0.39, 0.29) is 12.0 Å². The first-order chi connectivity index (χ1) is 9.58. The van der Waals surface area contributed by atoms with Gasteiger partial charge in [-0.2, -0.15) is 0 Å². The average Bonchev–Trinajstić information content (AvgIpc) is 2.76. The van der Waals surface area contributed by atoms with E-state index in [9.17, 15) is 4.79 Å². The number of rotatable bonds is 1. The van der Waals surface area contributed by atoms with E-state index in [1.807, 2.05) is 6.92 Å². The minimum absolute atomic E-state index is 0.0759. The highest BCUT2D eigenvalue weighted by Crippen LogP contribution is 2.39. The van der Waals surface area contributed by atoms with Crippen LogP contribution in [0.3, 0.4) is 0 Å². The number of urea groups is 1. The molecule has 0 saturated carbocycles. The minimum atomic E-state index is -0.426. The van der Waals surface area contributed by atoms with E-state index in [0.29, 0.717) is 12.5 Å². The molecule has 3 rings (SSSR count). The van der Waals surface area contributed by atoms with Crippen molar-refractivity contribution in [2.24, 2.45) is 5.73 Å². The van der Waals surface area contributed by atoms with Crippen molar-refractivity contribution < 1.29 is 4.79 Å². The summed E-state index contributed by atoms with van der Waals surface area (Å²) in [6, 6.07) is -0.502. The molecule has 2 aliphatic rings. The highest BCUT2D eigenvalue weighted by Gasteiger charge is 2.35. The molecule has 2 amide bonds. The van der Waals surface area contributed by atoms with Gasteiger partial charge in [0.25, 0.3) is 0 Å². The molecule has 1 saturated heterocycles. The normalized spacial score (nSPS) is 22.9. The predicted molar refractivity (Wildman–Crippen MR) is 74.8 cm³/mol. The molecule has 1 fully saturated rings. The number of carbonyl (C=O) groups excluding carboxylic acids is 1. The second-order valence-electron chi connectivity index (χ2n) is 5.49. The third-order valence-corrected chi connectivity index (χ3v) is 4.29. The van der Waals surface area contributed by atoms with E-state index in [4.69, 9.17) is 11.5 Å². The Bertz CT molecular complexity index is 540. The van der Waals surface area contributed by atoms with E-state index in [2.05, 4.69) is 15.3 Å². The molecule has 1 unspecified atom stereocenters. The van der Waals surface area contributed by atoms with Crippen LogP contribution in [0.25, 0.3) is 0 Å². The summed E-state index contributed by atoms with van der Waals surface area (Å²) >= 11 is 0. The fraction of sp³-hybridized carbons (Fsp3) is 0.615. The number of hydrogen-bond acceptors (Lipinski definition) is 5.